The maximum Gasteiger partial charge on any atom is 0.345 e. The lowest BCUT2D eigenvalue weighted by Crippen LogP contribution is -2.15. The van der Waals surface area contributed by atoms with Gasteiger partial charge in [-0.3, -0.25) is 0 Å². The SMILES string of the molecule is CCCCCc1cc(CCCCC)[nH]c(=O)n1. The zero-order valence-corrected chi connectivity index (χ0v) is 11.1. The van der Waals surface area contributed by atoms with E-state index in [0.29, 0.717) is 0 Å². The molecule has 3 nitrogen and oxygen atoms in total. The molecule has 0 bridgehead atoms. The minimum Gasteiger partial charge on any atom is -0.310 e. The molecule has 0 fully saturated rings. The van der Waals surface area contributed by atoms with E-state index in [1.807, 2.05) is 0 Å². The van der Waals surface area contributed by atoms with Gasteiger partial charge in [0.1, 0.15) is 0 Å². The Balaban J connectivity index is 2.56. The van der Waals surface area contributed by atoms with E-state index in [2.05, 4.69) is 29.9 Å². The fourth-order valence-electron chi connectivity index (χ4n) is 1.95. The Bertz CT molecular complexity index is 339. The zero-order valence-electron chi connectivity index (χ0n) is 11.1. The molecule has 1 aromatic heterocycles. The van der Waals surface area contributed by atoms with Crippen LogP contribution in [-0.4, -0.2) is 9.97 Å². The van der Waals surface area contributed by atoms with Crippen LogP contribution in [0.2, 0.25) is 0 Å². The second-order valence-corrected chi connectivity index (χ2v) is 4.62. The summed E-state index contributed by atoms with van der Waals surface area (Å²) in [7, 11) is 0. The van der Waals surface area contributed by atoms with Gasteiger partial charge in [0, 0.05) is 11.4 Å². The summed E-state index contributed by atoms with van der Waals surface area (Å²) >= 11 is 0. The van der Waals surface area contributed by atoms with Gasteiger partial charge in [0.15, 0.2) is 0 Å². The highest BCUT2D eigenvalue weighted by molar-refractivity contribution is 5.08. The van der Waals surface area contributed by atoms with Crippen LogP contribution in [0.4, 0.5) is 0 Å². The van der Waals surface area contributed by atoms with Gasteiger partial charge in [-0.05, 0) is 31.7 Å². The topological polar surface area (TPSA) is 45.8 Å². The summed E-state index contributed by atoms with van der Waals surface area (Å²) < 4.78 is 0. The molecule has 0 aliphatic carbocycles. The van der Waals surface area contributed by atoms with Crippen LogP contribution in [-0.2, 0) is 12.8 Å². The molecule has 0 spiro atoms. The van der Waals surface area contributed by atoms with Crippen LogP contribution < -0.4 is 5.69 Å². The molecule has 17 heavy (non-hydrogen) atoms. The molecule has 0 aliphatic rings. The Kier molecular flexibility index (Phi) is 6.60. The molecule has 1 N–H and O–H groups in total. The van der Waals surface area contributed by atoms with Crippen LogP contribution in [0.3, 0.4) is 0 Å². The number of aryl methyl sites for hydroxylation is 2. The first kappa shape index (κ1) is 13.9. The number of nitrogens with zero attached hydrogens (tertiary/aromatic N) is 1. The molecule has 0 amide bonds. The average molecular weight is 236 g/mol. The Labute approximate surface area is 104 Å². The Morgan fingerprint density at radius 1 is 1.06 bits per heavy atom. The second kappa shape index (κ2) is 8.04. The molecular formula is C14H24N2O. The lowest BCUT2D eigenvalue weighted by Gasteiger charge is -2.04. The number of hydrogen-bond donors (Lipinski definition) is 1. The van der Waals surface area contributed by atoms with Crippen molar-refractivity contribution in [1.29, 1.82) is 0 Å². The Morgan fingerprint density at radius 3 is 2.35 bits per heavy atom. The minimum absolute atomic E-state index is 0.189. The smallest absolute Gasteiger partial charge is 0.310 e. The van der Waals surface area contributed by atoms with Crippen molar-refractivity contribution in [2.75, 3.05) is 0 Å². The summed E-state index contributed by atoms with van der Waals surface area (Å²) in [6.45, 7) is 4.37. The monoisotopic (exact) mass is 236 g/mol. The molecule has 96 valence electrons. The summed E-state index contributed by atoms with van der Waals surface area (Å²) in [6.07, 6.45) is 9.00. The van der Waals surface area contributed by atoms with Crippen molar-refractivity contribution in [3.05, 3.63) is 27.9 Å². The molecule has 1 rings (SSSR count). The molecule has 0 radical (unpaired) electrons. The number of aromatic amines is 1. The number of H-pyrrole nitrogens is 1. The fraction of sp³-hybridized carbons (Fsp3) is 0.714. The van der Waals surface area contributed by atoms with Gasteiger partial charge in [-0.15, -0.1) is 0 Å². The molecular weight excluding hydrogens is 212 g/mol. The van der Waals surface area contributed by atoms with Crippen molar-refractivity contribution in [2.24, 2.45) is 0 Å². The number of rotatable bonds is 8. The van der Waals surface area contributed by atoms with Crippen LogP contribution >= 0.6 is 0 Å². The van der Waals surface area contributed by atoms with E-state index in [9.17, 15) is 4.79 Å². The van der Waals surface area contributed by atoms with E-state index in [1.165, 1.54) is 25.7 Å². The zero-order chi connectivity index (χ0) is 12.5. The van der Waals surface area contributed by atoms with Gasteiger partial charge >= 0.3 is 5.69 Å². The predicted octanol–water partition coefficient (Wildman–Crippen LogP) is 3.24. The molecule has 0 aliphatic heterocycles. The lowest BCUT2D eigenvalue weighted by molar-refractivity contribution is 0.686. The highest BCUT2D eigenvalue weighted by Gasteiger charge is 2.01. The molecule has 1 aromatic rings. The third kappa shape index (κ3) is 5.66. The molecule has 3 heteroatoms. The molecule has 0 aromatic carbocycles. The first-order chi connectivity index (χ1) is 8.26. The standard InChI is InChI=1S/C14H24N2O/c1-3-5-7-9-12-11-13(10-8-6-4-2)16-14(17)15-12/h11H,3-10H2,1-2H3,(H,15,16,17). The molecule has 0 unspecified atom stereocenters. The molecule has 0 saturated heterocycles. The van der Waals surface area contributed by atoms with Crippen LogP contribution in [0.1, 0.15) is 63.8 Å². The number of nitrogens with one attached hydrogen (secondary N) is 1. The lowest BCUT2D eigenvalue weighted by atomic mass is 10.1. The fourth-order valence-corrected chi connectivity index (χ4v) is 1.95. The van der Waals surface area contributed by atoms with E-state index in [4.69, 9.17) is 0 Å². The summed E-state index contributed by atoms with van der Waals surface area (Å²) in [5.74, 6) is 0. The normalized spacial score (nSPS) is 10.7. The van der Waals surface area contributed by atoms with Gasteiger partial charge in [0.2, 0.25) is 0 Å². The van der Waals surface area contributed by atoms with Crippen LogP contribution in [0.25, 0.3) is 0 Å². The van der Waals surface area contributed by atoms with Gasteiger partial charge in [-0.2, -0.15) is 4.98 Å². The Hall–Kier alpha value is -1.12. The van der Waals surface area contributed by atoms with Gasteiger partial charge < -0.3 is 4.98 Å². The van der Waals surface area contributed by atoms with E-state index >= 15 is 0 Å². The van der Waals surface area contributed by atoms with Crippen molar-refractivity contribution in [2.45, 2.75) is 65.2 Å². The average Bonchev–Trinajstić information content (AvgIpc) is 2.29. The summed E-state index contributed by atoms with van der Waals surface area (Å²) in [4.78, 5) is 18.3. The van der Waals surface area contributed by atoms with Crippen molar-refractivity contribution in [1.82, 2.24) is 9.97 Å². The summed E-state index contributed by atoms with van der Waals surface area (Å²) in [5.41, 5.74) is 1.81. The van der Waals surface area contributed by atoms with Crippen molar-refractivity contribution in [3.63, 3.8) is 0 Å². The highest BCUT2D eigenvalue weighted by atomic mass is 16.1. The predicted molar refractivity (Wildman–Crippen MR) is 71.3 cm³/mol. The van der Waals surface area contributed by atoms with Crippen LogP contribution in [0, 0.1) is 0 Å². The van der Waals surface area contributed by atoms with Gasteiger partial charge in [0.25, 0.3) is 0 Å². The number of hydrogen-bond acceptors (Lipinski definition) is 2. The largest absolute Gasteiger partial charge is 0.345 e. The van der Waals surface area contributed by atoms with Gasteiger partial charge in [0.05, 0.1) is 0 Å². The Morgan fingerprint density at radius 2 is 1.71 bits per heavy atom. The van der Waals surface area contributed by atoms with E-state index < -0.39 is 0 Å². The highest BCUT2D eigenvalue weighted by Crippen LogP contribution is 2.06. The van der Waals surface area contributed by atoms with Crippen LogP contribution in [0.5, 0.6) is 0 Å². The maximum atomic E-state index is 11.4. The summed E-state index contributed by atoms with van der Waals surface area (Å²) in [5, 5.41) is 0. The third-order valence-corrected chi connectivity index (χ3v) is 2.94. The van der Waals surface area contributed by atoms with Gasteiger partial charge in [-0.1, -0.05) is 39.5 Å². The van der Waals surface area contributed by atoms with E-state index in [1.54, 1.807) is 0 Å². The van der Waals surface area contributed by atoms with Crippen molar-refractivity contribution in [3.8, 4) is 0 Å². The number of aromatic nitrogens is 2. The van der Waals surface area contributed by atoms with E-state index in [-0.39, 0.29) is 5.69 Å². The minimum atomic E-state index is -0.189. The van der Waals surface area contributed by atoms with Gasteiger partial charge in [-0.25, -0.2) is 4.79 Å². The van der Waals surface area contributed by atoms with E-state index in [0.717, 1.165) is 37.1 Å². The maximum absolute atomic E-state index is 11.4. The third-order valence-electron chi connectivity index (χ3n) is 2.94. The molecule has 1 heterocycles. The number of unbranched alkanes of at least 4 members (excludes halogenated alkanes) is 4. The second-order valence-electron chi connectivity index (χ2n) is 4.62. The molecule has 0 atom stereocenters. The van der Waals surface area contributed by atoms with Crippen molar-refractivity contribution < 1.29 is 0 Å². The quantitative estimate of drug-likeness (QED) is 0.704. The van der Waals surface area contributed by atoms with Crippen LogP contribution in [0.15, 0.2) is 10.9 Å². The first-order valence-corrected chi connectivity index (χ1v) is 6.85. The summed E-state index contributed by atoms with van der Waals surface area (Å²) in [6, 6.07) is 2.06. The van der Waals surface area contributed by atoms with Crippen molar-refractivity contribution >= 4 is 0 Å². The molecule has 0 saturated carbocycles. The first-order valence-electron chi connectivity index (χ1n) is 6.85.